The average molecular weight is 354 g/mol. The Morgan fingerprint density at radius 1 is 0.750 bits per heavy atom. The largest absolute Gasteiger partial charge is 0.325 e. The van der Waals surface area contributed by atoms with Crippen molar-refractivity contribution in [3.05, 3.63) is 71.9 Å². The number of anilines is 2. The number of aromatic nitrogens is 2. The Labute approximate surface area is 146 Å². The number of carbonyl (C=O) groups excluding carboxylic acids is 1. The Morgan fingerprint density at radius 3 is 1.58 bits per heavy atom. The smallest absolute Gasteiger partial charge is 0.321 e. The molecule has 2 amide bonds. The van der Waals surface area contributed by atoms with Crippen LogP contribution in [0, 0.1) is 0 Å². The molecular weight excluding hydrogens is 340 g/mol. The van der Waals surface area contributed by atoms with Gasteiger partial charge in [-0.3, -0.25) is 10.6 Å². The molecule has 4 heterocycles. The zero-order chi connectivity index (χ0) is 16.4. The van der Waals surface area contributed by atoms with E-state index in [1.165, 1.54) is 22.7 Å². The van der Waals surface area contributed by atoms with Crippen LogP contribution in [0.25, 0.3) is 11.4 Å². The van der Waals surface area contributed by atoms with Crippen molar-refractivity contribution < 1.29 is 4.79 Å². The molecular formula is C17H14N4OS2. The summed E-state index contributed by atoms with van der Waals surface area (Å²) < 4.78 is 3.95. The molecule has 0 bridgehead atoms. The monoisotopic (exact) mass is 354 g/mol. The number of hydrogen-bond donors (Lipinski definition) is 2. The Morgan fingerprint density at radius 2 is 1.17 bits per heavy atom. The molecule has 0 spiro atoms. The number of thiophene rings is 2. The molecule has 5 nitrogen and oxygen atoms in total. The van der Waals surface area contributed by atoms with E-state index in [4.69, 9.17) is 0 Å². The van der Waals surface area contributed by atoms with Gasteiger partial charge in [0.25, 0.3) is 0 Å². The third-order valence-corrected chi connectivity index (χ3v) is 5.15. The van der Waals surface area contributed by atoms with Gasteiger partial charge >= 0.3 is 6.03 Å². The summed E-state index contributed by atoms with van der Waals surface area (Å²) in [4.78, 5) is 12.4. The molecule has 4 aromatic heterocycles. The van der Waals surface area contributed by atoms with Crippen molar-refractivity contribution in [2.45, 2.75) is 0 Å². The molecule has 0 saturated carbocycles. The molecule has 0 aliphatic heterocycles. The lowest BCUT2D eigenvalue weighted by atomic mass is 10.4. The van der Waals surface area contributed by atoms with E-state index in [-0.39, 0.29) is 6.03 Å². The third-order valence-electron chi connectivity index (χ3n) is 3.51. The number of urea groups is 1. The number of nitrogens with zero attached hydrogens (tertiary/aromatic N) is 2. The second-order valence-corrected chi connectivity index (χ2v) is 6.86. The summed E-state index contributed by atoms with van der Waals surface area (Å²) in [6, 6.07) is 11.5. The van der Waals surface area contributed by atoms with Crippen molar-refractivity contribution in [3.63, 3.8) is 0 Å². The molecule has 0 radical (unpaired) electrons. The second-order valence-electron chi connectivity index (χ2n) is 5.03. The molecule has 0 aliphatic rings. The molecule has 0 saturated heterocycles. The summed E-state index contributed by atoms with van der Waals surface area (Å²) in [6.45, 7) is 0. The van der Waals surface area contributed by atoms with Crippen LogP contribution in [0.2, 0.25) is 0 Å². The minimum absolute atomic E-state index is 0.248. The van der Waals surface area contributed by atoms with Crippen LogP contribution in [-0.4, -0.2) is 15.2 Å². The van der Waals surface area contributed by atoms with Crippen molar-refractivity contribution in [1.29, 1.82) is 0 Å². The number of hydrogen-bond acceptors (Lipinski definition) is 3. The van der Waals surface area contributed by atoms with Crippen LogP contribution in [0.3, 0.4) is 0 Å². The summed E-state index contributed by atoms with van der Waals surface area (Å²) in [6.07, 6.45) is 7.81. The Balaban J connectivity index is 1.51. The molecule has 0 unspecified atom stereocenters. The van der Waals surface area contributed by atoms with Gasteiger partial charge in [0.1, 0.15) is 10.0 Å². The Bertz CT molecular complexity index is 859. The van der Waals surface area contributed by atoms with Crippen molar-refractivity contribution >= 4 is 38.7 Å². The highest BCUT2D eigenvalue weighted by atomic mass is 32.1. The highest BCUT2D eigenvalue weighted by Crippen LogP contribution is 2.29. The molecule has 7 heteroatoms. The first-order valence-corrected chi connectivity index (χ1v) is 9.07. The van der Waals surface area contributed by atoms with Gasteiger partial charge in [0.2, 0.25) is 0 Å². The van der Waals surface area contributed by atoms with Gasteiger partial charge in [-0.15, -0.1) is 22.7 Å². The van der Waals surface area contributed by atoms with E-state index < -0.39 is 0 Å². The fourth-order valence-corrected chi connectivity index (χ4v) is 3.98. The van der Waals surface area contributed by atoms with Gasteiger partial charge in [-0.05, 0) is 47.2 Å². The molecule has 0 fully saturated rings. The van der Waals surface area contributed by atoms with E-state index in [0.717, 1.165) is 21.4 Å². The molecule has 4 aromatic rings. The highest BCUT2D eigenvalue weighted by molar-refractivity contribution is 7.15. The topological polar surface area (TPSA) is 51.0 Å². The minimum atomic E-state index is -0.248. The van der Waals surface area contributed by atoms with Gasteiger partial charge < -0.3 is 9.13 Å². The number of amides is 2. The first kappa shape index (κ1) is 14.8. The quantitative estimate of drug-likeness (QED) is 0.530. The first-order chi connectivity index (χ1) is 11.8. The molecule has 4 rings (SSSR count). The van der Waals surface area contributed by atoms with E-state index in [2.05, 4.69) is 10.6 Å². The Hall–Kier alpha value is -2.77. The van der Waals surface area contributed by atoms with Gasteiger partial charge in [0, 0.05) is 24.8 Å². The summed E-state index contributed by atoms with van der Waals surface area (Å²) >= 11 is 2.99. The predicted octanol–water partition coefficient (Wildman–Crippen LogP) is 5.04. The highest BCUT2D eigenvalue weighted by Gasteiger charge is 2.12. The number of carbonyl (C=O) groups is 1. The maximum Gasteiger partial charge on any atom is 0.325 e. The fourth-order valence-electron chi connectivity index (χ4n) is 2.43. The third kappa shape index (κ3) is 2.86. The van der Waals surface area contributed by atoms with E-state index >= 15 is 0 Å². The minimum Gasteiger partial charge on any atom is -0.321 e. The molecule has 0 aliphatic carbocycles. The predicted molar refractivity (Wildman–Crippen MR) is 99.9 cm³/mol. The van der Waals surface area contributed by atoms with Crippen LogP contribution in [0.4, 0.5) is 14.8 Å². The molecule has 0 atom stereocenters. The normalized spacial score (nSPS) is 10.7. The SMILES string of the molecule is O=C(Nc1sccc1-n1cccc1)Nc1sccc1-n1cccc1. The fraction of sp³-hybridized carbons (Fsp3) is 0. The van der Waals surface area contributed by atoms with Crippen molar-refractivity contribution in [2.75, 3.05) is 10.6 Å². The first-order valence-electron chi connectivity index (χ1n) is 7.31. The van der Waals surface area contributed by atoms with Gasteiger partial charge in [-0.25, -0.2) is 4.79 Å². The van der Waals surface area contributed by atoms with Crippen molar-refractivity contribution in [2.24, 2.45) is 0 Å². The molecule has 24 heavy (non-hydrogen) atoms. The van der Waals surface area contributed by atoms with E-state index in [1.807, 2.05) is 81.1 Å². The van der Waals surface area contributed by atoms with E-state index in [0.29, 0.717) is 0 Å². The lowest BCUT2D eigenvalue weighted by Crippen LogP contribution is -2.19. The molecule has 0 aromatic carbocycles. The van der Waals surface area contributed by atoms with E-state index in [9.17, 15) is 4.79 Å². The summed E-state index contributed by atoms with van der Waals surface area (Å²) in [5.74, 6) is 0. The standard InChI is InChI=1S/C17H14N4OS2/c22-17(18-15-13(5-11-23-15)20-7-1-2-8-20)19-16-14(6-12-24-16)21-9-3-4-10-21/h1-12H,(H2,18,19,22). The van der Waals surface area contributed by atoms with Gasteiger partial charge in [-0.2, -0.15) is 0 Å². The number of nitrogens with one attached hydrogen (secondary N) is 2. The maximum absolute atomic E-state index is 12.4. The van der Waals surface area contributed by atoms with Crippen LogP contribution in [-0.2, 0) is 0 Å². The Kier molecular flexibility index (Phi) is 3.94. The number of rotatable bonds is 4. The molecule has 120 valence electrons. The lowest BCUT2D eigenvalue weighted by Gasteiger charge is -2.10. The summed E-state index contributed by atoms with van der Waals surface area (Å²) in [5.41, 5.74) is 1.91. The zero-order valence-corrected chi connectivity index (χ0v) is 14.2. The average Bonchev–Trinajstić information content (AvgIpc) is 3.35. The maximum atomic E-state index is 12.4. The van der Waals surface area contributed by atoms with Crippen molar-refractivity contribution in [3.8, 4) is 11.4 Å². The lowest BCUT2D eigenvalue weighted by molar-refractivity contribution is 0.262. The van der Waals surface area contributed by atoms with Crippen LogP contribution >= 0.6 is 22.7 Å². The van der Waals surface area contributed by atoms with Crippen LogP contribution in [0.15, 0.2) is 71.9 Å². The van der Waals surface area contributed by atoms with E-state index in [1.54, 1.807) is 0 Å². The van der Waals surface area contributed by atoms with Crippen LogP contribution < -0.4 is 10.6 Å². The zero-order valence-electron chi connectivity index (χ0n) is 12.5. The van der Waals surface area contributed by atoms with Crippen molar-refractivity contribution in [1.82, 2.24) is 9.13 Å². The van der Waals surface area contributed by atoms with Gasteiger partial charge in [-0.1, -0.05) is 0 Å². The summed E-state index contributed by atoms with van der Waals surface area (Å²) in [7, 11) is 0. The van der Waals surface area contributed by atoms with Crippen LogP contribution in [0.1, 0.15) is 0 Å². The second kappa shape index (κ2) is 6.38. The van der Waals surface area contributed by atoms with Gasteiger partial charge in [0.15, 0.2) is 0 Å². The summed E-state index contributed by atoms with van der Waals surface area (Å²) in [5, 5.41) is 11.4. The molecule has 2 N–H and O–H groups in total. The van der Waals surface area contributed by atoms with Crippen LogP contribution in [0.5, 0.6) is 0 Å². The van der Waals surface area contributed by atoms with Gasteiger partial charge in [0.05, 0.1) is 11.4 Å².